The van der Waals surface area contributed by atoms with Crippen LogP contribution in [0.3, 0.4) is 0 Å². The van der Waals surface area contributed by atoms with E-state index in [9.17, 15) is 14.7 Å². The standard InChI is InChI=1S/C9H18NO3S.ClH/c1-7(11)14-9(13)5-8(12)6-10(2,3)4;/h8,12H,5-6H2,1-4H3;1H/q+1;. The first-order valence-electron chi connectivity index (χ1n) is 4.40. The molecule has 0 rings (SSSR count). The second-order valence-electron chi connectivity index (χ2n) is 4.30. The van der Waals surface area contributed by atoms with Crippen LogP contribution in [-0.4, -0.2) is 53.6 Å². The summed E-state index contributed by atoms with van der Waals surface area (Å²) < 4.78 is 0.596. The van der Waals surface area contributed by atoms with E-state index in [0.29, 0.717) is 22.8 Å². The molecular weight excluding hydrogens is 238 g/mol. The predicted molar refractivity (Wildman–Crippen MR) is 64.1 cm³/mol. The van der Waals surface area contributed by atoms with Gasteiger partial charge in [-0.1, -0.05) is 0 Å². The molecule has 0 spiro atoms. The fourth-order valence-electron chi connectivity index (χ4n) is 1.09. The van der Waals surface area contributed by atoms with Gasteiger partial charge >= 0.3 is 0 Å². The van der Waals surface area contributed by atoms with Crippen molar-refractivity contribution >= 4 is 34.4 Å². The van der Waals surface area contributed by atoms with Crippen LogP contribution in [0.5, 0.6) is 0 Å². The molecule has 0 bridgehead atoms. The molecular formula is C9H19ClNO3S+. The summed E-state index contributed by atoms with van der Waals surface area (Å²) in [6, 6.07) is 0. The molecule has 0 aliphatic rings. The molecule has 0 aromatic carbocycles. The Morgan fingerprint density at radius 2 is 1.80 bits per heavy atom. The number of rotatable bonds is 4. The highest BCUT2D eigenvalue weighted by Gasteiger charge is 2.19. The van der Waals surface area contributed by atoms with Gasteiger partial charge < -0.3 is 9.59 Å². The first kappa shape index (κ1) is 17.3. The summed E-state index contributed by atoms with van der Waals surface area (Å²) in [7, 11) is 5.81. The summed E-state index contributed by atoms with van der Waals surface area (Å²) in [5.74, 6) is 0. The zero-order valence-electron chi connectivity index (χ0n) is 9.52. The Kier molecular flexibility index (Phi) is 8.33. The molecule has 15 heavy (non-hydrogen) atoms. The lowest BCUT2D eigenvalue weighted by molar-refractivity contribution is -0.873. The Balaban J connectivity index is 0. The molecule has 0 heterocycles. The van der Waals surface area contributed by atoms with Crippen LogP contribution in [0.25, 0.3) is 0 Å². The summed E-state index contributed by atoms with van der Waals surface area (Å²) in [6.45, 7) is 1.85. The van der Waals surface area contributed by atoms with E-state index < -0.39 is 6.10 Å². The number of aliphatic hydroxyl groups excluding tert-OH is 1. The van der Waals surface area contributed by atoms with Gasteiger partial charge in [0.1, 0.15) is 12.6 Å². The second kappa shape index (κ2) is 7.22. The third kappa shape index (κ3) is 11.8. The molecule has 0 saturated heterocycles. The van der Waals surface area contributed by atoms with Crippen LogP contribution in [-0.2, 0) is 9.59 Å². The second-order valence-corrected chi connectivity index (χ2v) is 5.53. The van der Waals surface area contributed by atoms with Gasteiger partial charge in [0.2, 0.25) is 0 Å². The van der Waals surface area contributed by atoms with Crippen LogP contribution in [0.4, 0.5) is 0 Å². The van der Waals surface area contributed by atoms with Crippen molar-refractivity contribution in [3.63, 3.8) is 0 Å². The summed E-state index contributed by atoms with van der Waals surface area (Å²) in [6.07, 6.45) is -0.630. The molecule has 0 aromatic rings. The van der Waals surface area contributed by atoms with E-state index in [0.717, 1.165) is 0 Å². The van der Waals surface area contributed by atoms with Crippen molar-refractivity contribution in [3.05, 3.63) is 0 Å². The molecule has 4 nitrogen and oxygen atoms in total. The minimum absolute atomic E-state index is 0. The predicted octanol–water partition coefficient (Wildman–Crippen LogP) is 0.672. The van der Waals surface area contributed by atoms with E-state index >= 15 is 0 Å². The van der Waals surface area contributed by atoms with Crippen molar-refractivity contribution < 1.29 is 19.2 Å². The molecule has 0 aliphatic heterocycles. The first-order valence-corrected chi connectivity index (χ1v) is 5.22. The molecule has 6 heteroatoms. The van der Waals surface area contributed by atoms with Crippen LogP contribution in [0.1, 0.15) is 13.3 Å². The number of likely N-dealkylation sites (N-methyl/N-ethyl adjacent to an activating group) is 1. The maximum atomic E-state index is 11.1. The van der Waals surface area contributed by atoms with Gasteiger partial charge in [-0.15, -0.1) is 12.4 Å². The van der Waals surface area contributed by atoms with E-state index in [-0.39, 0.29) is 29.1 Å². The van der Waals surface area contributed by atoms with Crippen molar-refractivity contribution in [1.82, 2.24) is 0 Å². The van der Waals surface area contributed by atoms with Gasteiger partial charge in [-0.3, -0.25) is 9.59 Å². The number of thioether (sulfide) groups is 1. The lowest BCUT2D eigenvalue weighted by Crippen LogP contribution is -2.41. The summed E-state index contributed by atoms with van der Waals surface area (Å²) in [5.41, 5.74) is 0. The lowest BCUT2D eigenvalue weighted by Gasteiger charge is -2.26. The fraction of sp³-hybridized carbons (Fsp3) is 0.778. The molecule has 0 aliphatic carbocycles. The third-order valence-corrected chi connectivity index (χ3v) is 2.10. The topological polar surface area (TPSA) is 54.4 Å². The van der Waals surface area contributed by atoms with E-state index in [1.807, 2.05) is 21.1 Å². The van der Waals surface area contributed by atoms with E-state index in [4.69, 9.17) is 0 Å². The number of quaternary nitrogens is 1. The SMILES string of the molecule is CC(=O)SC(=O)CC(O)C[N+](C)(C)C.Cl. The Morgan fingerprint density at radius 1 is 1.33 bits per heavy atom. The molecule has 0 fully saturated rings. The minimum Gasteiger partial charge on any atom is -0.387 e. The summed E-state index contributed by atoms with van der Waals surface area (Å²) >= 11 is 0.664. The molecule has 0 amide bonds. The summed E-state index contributed by atoms with van der Waals surface area (Å²) in [5, 5.41) is 9.01. The van der Waals surface area contributed by atoms with Crippen molar-refractivity contribution in [2.75, 3.05) is 27.7 Å². The number of nitrogens with zero attached hydrogens (tertiary/aromatic N) is 1. The third-order valence-electron chi connectivity index (χ3n) is 1.42. The minimum atomic E-state index is -0.672. The van der Waals surface area contributed by atoms with Crippen LogP contribution in [0.2, 0.25) is 0 Å². The average molecular weight is 257 g/mol. The zero-order valence-corrected chi connectivity index (χ0v) is 11.2. The Morgan fingerprint density at radius 3 is 2.13 bits per heavy atom. The highest BCUT2D eigenvalue weighted by molar-refractivity contribution is 8.26. The van der Waals surface area contributed by atoms with Crippen molar-refractivity contribution in [1.29, 1.82) is 0 Å². The number of halogens is 1. The van der Waals surface area contributed by atoms with Gasteiger partial charge in [-0.25, -0.2) is 0 Å². The van der Waals surface area contributed by atoms with Gasteiger partial charge in [-0.2, -0.15) is 0 Å². The maximum Gasteiger partial charge on any atom is 0.199 e. The van der Waals surface area contributed by atoms with Crippen LogP contribution >= 0.6 is 24.2 Å². The van der Waals surface area contributed by atoms with E-state index in [2.05, 4.69) is 0 Å². The average Bonchev–Trinajstić information content (AvgIpc) is 1.77. The Labute approximate surface area is 101 Å². The number of carbonyl (C=O) groups is 2. The van der Waals surface area contributed by atoms with Gasteiger partial charge in [0.15, 0.2) is 10.2 Å². The molecule has 1 unspecified atom stereocenters. The smallest absolute Gasteiger partial charge is 0.199 e. The molecule has 1 atom stereocenters. The van der Waals surface area contributed by atoms with Crippen LogP contribution in [0, 0.1) is 0 Å². The maximum absolute atomic E-state index is 11.1. The highest BCUT2D eigenvalue weighted by atomic mass is 35.5. The Hall–Kier alpha value is -0.100. The lowest BCUT2D eigenvalue weighted by atomic mass is 10.2. The fourth-order valence-corrected chi connectivity index (χ4v) is 1.69. The van der Waals surface area contributed by atoms with Crippen LogP contribution < -0.4 is 0 Å². The Bertz CT molecular complexity index is 228. The number of carbonyl (C=O) groups excluding carboxylic acids is 2. The number of hydrogen-bond donors (Lipinski definition) is 1. The molecule has 1 N–H and O–H groups in total. The molecule has 0 saturated carbocycles. The van der Waals surface area contributed by atoms with Crippen molar-refractivity contribution in [2.45, 2.75) is 19.4 Å². The van der Waals surface area contributed by atoms with Gasteiger partial charge in [-0.05, 0) is 11.8 Å². The van der Waals surface area contributed by atoms with E-state index in [1.54, 1.807) is 0 Å². The molecule has 0 radical (unpaired) electrons. The number of hydrogen-bond acceptors (Lipinski definition) is 4. The van der Waals surface area contributed by atoms with Crippen molar-refractivity contribution in [2.24, 2.45) is 0 Å². The van der Waals surface area contributed by atoms with Gasteiger partial charge in [0, 0.05) is 13.3 Å². The summed E-state index contributed by atoms with van der Waals surface area (Å²) in [4.78, 5) is 21.7. The quantitative estimate of drug-likeness (QED) is 0.752. The highest BCUT2D eigenvalue weighted by Crippen LogP contribution is 2.09. The zero-order chi connectivity index (χ0) is 11.4. The van der Waals surface area contributed by atoms with Gasteiger partial charge in [0.25, 0.3) is 0 Å². The monoisotopic (exact) mass is 256 g/mol. The number of aliphatic hydroxyl groups is 1. The molecule has 90 valence electrons. The van der Waals surface area contributed by atoms with Crippen LogP contribution in [0.15, 0.2) is 0 Å². The van der Waals surface area contributed by atoms with Crippen molar-refractivity contribution in [3.8, 4) is 0 Å². The normalized spacial score (nSPS) is 12.9. The first-order chi connectivity index (χ1) is 6.20. The van der Waals surface area contributed by atoms with Gasteiger partial charge in [0.05, 0.1) is 21.1 Å². The van der Waals surface area contributed by atoms with E-state index in [1.165, 1.54) is 6.92 Å². The largest absolute Gasteiger partial charge is 0.387 e. The molecule has 0 aromatic heterocycles.